The minimum Gasteiger partial charge on any atom is -0.363 e. The van der Waals surface area contributed by atoms with Crippen LogP contribution in [0.15, 0.2) is 42.7 Å². The highest BCUT2D eigenvalue weighted by Gasteiger charge is 2.14. The van der Waals surface area contributed by atoms with Crippen LogP contribution in [-0.4, -0.2) is 33.1 Å². The van der Waals surface area contributed by atoms with Crippen molar-refractivity contribution in [3.63, 3.8) is 0 Å². The molecule has 2 aromatic heterocycles. The van der Waals surface area contributed by atoms with Crippen LogP contribution >= 0.6 is 12.2 Å². The van der Waals surface area contributed by atoms with E-state index in [9.17, 15) is 4.39 Å². The average molecular weight is 370 g/mol. The molecule has 0 saturated carbocycles. The molecule has 0 aliphatic rings. The summed E-state index contributed by atoms with van der Waals surface area (Å²) in [5.74, 6) is -0.215. The normalized spacial score (nSPS) is 10.9. The van der Waals surface area contributed by atoms with Gasteiger partial charge in [-0.25, -0.2) is 4.39 Å². The highest BCUT2D eigenvalue weighted by molar-refractivity contribution is 7.80. The molecule has 0 spiro atoms. The second-order valence-electron chi connectivity index (χ2n) is 6.29. The zero-order valence-electron chi connectivity index (χ0n) is 15.1. The average Bonchev–Trinajstić information content (AvgIpc) is 2.94. The maximum absolute atomic E-state index is 13.7. The van der Waals surface area contributed by atoms with Crippen molar-refractivity contribution in [1.82, 2.24) is 20.2 Å². The quantitative estimate of drug-likeness (QED) is 0.645. The Labute approximate surface area is 158 Å². The van der Waals surface area contributed by atoms with E-state index in [0.717, 1.165) is 52.3 Å². The van der Waals surface area contributed by atoms with Crippen LogP contribution in [0.3, 0.4) is 0 Å². The smallest absolute Gasteiger partial charge is 0.169 e. The number of pyridine rings is 1. The number of hydrogen-bond acceptors (Lipinski definition) is 2. The molecule has 2 N–H and O–H groups in total. The van der Waals surface area contributed by atoms with Gasteiger partial charge in [0.15, 0.2) is 5.11 Å². The number of thiocarbonyl (C=S) groups is 1. The molecule has 0 saturated heterocycles. The molecule has 0 aliphatic carbocycles. The first-order valence-electron chi connectivity index (χ1n) is 8.77. The molecule has 6 heteroatoms. The third-order valence-electron chi connectivity index (χ3n) is 4.42. The summed E-state index contributed by atoms with van der Waals surface area (Å²) in [5, 5.41) is 4.89. The zero-order chi connectivity index (χ0) is 18.5. The fourth-order valence-corrected chi connectivity index (χ4v) is 3.45. The second-order valence-corrected chi connectivity index (χ2v) is 6.67. The number of nitrogens with zero attached hydrogens (tertiary/aromatic N) is 2. The molecule has 0 radical (unpaired) electrons. The first kappa shape index (κ1) is 18.3. The van der Waals surface area contributed by atoms with Gasteiger partial charge < -0.3 is 15.2 Å². The van der Waals surface area contributed by atoms with Crippen molar-refractivity contribution in [2.24, 2.45) is 0 Å². The van der Waals surface area contributed by atoms with Crippen LogP contribution in [0.5, 0.6) is 0 Å². The molecule has 0 unspecified atom stereocenters. The van der Waals surface area contributed by atoms with Gasteiger partial charge in [-0.3, -0.25) is 4.98 Å². The molecule has 3 rings (SSSR count). The number of H-pyrrole nitrogens is 1. The van der Waals surface area contributed by atoms with E-state index in [-0.39, 0.29) is 5.82 Å². The lowest BCUT2D eigenvalue weighted by atomic mass is 10.1. The molecule has 2 heterocycles. The number of halogens is 1. The first-order chi connectivity index (χ1) is 12.6. The fourth-order valence-electron chi connectivity index (χ4n) is 3.15. The fraction of sp³-hybridized carbons (Fsp3) is 0.300. The molecule has 1 aromatic carbocycles. The van der Waals surface area contributed by atoms with Gasteiger partial charge in [-0.15, -0.1) is 0 Å². The minimum absolute atomic E-state index is 0.215. The maximum atomic E-state index is 13.7. The van der Waals surface area contributed by atoms with Gasteiger partial charge in [0.2, 0.25) is 0 Å². The van der Waals surface area contributed by atoms with Gasteiger partial charge in [-0.2, -0.15) is 0 Å². The van der Waals surface area contributed by atoms with Crippen molar-refractivity contribution in [2.75, 3.05) is 13.1 Å². The lowest BCUT2D eigenvalue weighted by Gasteiger charge is -2.25. The summed E-state index contributed by atoms with van der Waals surface area (Å²) in [6.45, 7) is 6.27. The monoisotopic (exact) mass is 370 g/mol. The summed E-state index contributed by atoms with van der Waals surface area (Å²) in [6.07, 6.45) is 4.40. The van der Waals surface area contributed by atoms with Gasteiger partial charge in [0, 0.05) is 48.6 Å². The third kappa shape index (κ3) is 4.19. The maximum Gasteiger partial charge on any atom is 0.169 e. The molecule has 0 aliphatic heterocycles. The van der Waals surface area contributed by atoms with E-state index in [1.165, 1.54) is 6.07 Å². The Kier molecular flexibility index (Phi) is 5.83. The standard InChI is InChI=1S/C20H23FN4S/c1-3-23-20(26)25(13-15-5-4-9-22-12-15)10-8-17-14(2)24-19-7-6-16(21)11-18(17)19/h4-7,9,11-12,24H,3,8,10,13H2,1-2H3,(H,23,26). The van der Waals surface area contributed by atoms with E-state index in [0.29, 0.717) is 6.54 Å². The molecule has 0 amide bonds. The van der Waals surface area contributed by atoms with Gasteiger partial charge in [-0.1, -0.05) is 6.07 Å². The van der Waals surface area contributed by atoms with E-state index in [1.807, 2.05) is 32.2 Å². The van der Waals surface area contributed by atoms with E-state index in [4.69, 9.17) is 12.2 Å². The van der Waals surface area contributed by atoms with Crippen molar-refractivity contribution >= 4 is 28.2 Å². The Hall–Kier alpha value is -2.47. The molecule has 0 bridgehead atoms. The van der Waals surface area contributed by atoms with Gasteiger partial charge in [0.25, 0.3) is 0 Å². The Morgan fingerprint density at radius 3 is 2.92 bits per heavy atom. The molecule has 0 atom stereocenters. The number of fused-ring (bicyclic) bond motifs is 1. The molecule has 136 valence electrons. The van der Waals surface area contributed by atoms with E-state index in [2.05, 4.69) is 20.2 Å². The highest BCUT2D eigenvalue weighted by atomic mass is 32.1. The predicted molar refractivity (Wildman–Crippen MR) is 108 cm³/mol. The summed E-state index contributed by atoms with van der Waals surface area (Å²) in [4.78, 5) is 9.65. The van der Waals surface area contributed by atoms with Crippen LogP contribution in [0.4, 0.5) is 4.39 Å². The van der Waals surface area contributed by atoms with Crippen molar-refractivity contribution in [3.05, 3.63) is 65.4 Å². The summed E-state index contributed by atoms with van der Waals surface area (Å²) >= 11 is 5.54. The number of aromatic amines is 1. The van der Waals surface area contributed by atoms with Crippen LogP contribution in [0.1, 0.15) is 23.7 Å². The van der Waals surface area contributed by atoms with Crippen molar-refractivity contribution in [1.29, 1.82) is 0 Å². The Morgan fingerprint density at radius 1 is 1.35 bits per heavy atom. The van der Waals surface area contributed by atoms with E-state index >= 15 is 0 Å². The SMILES string of the molecule is CCNC(=S)N(CCc1c(C)[nH]c2ccc(F)cc12)Cc1cccnc1. The number of aryl methyl sites for hydroxylation is 1. The Balaban J connectivity index is 1.80. The summed E-state index contributed by atoms with van der Waals surface area (Å²) in [7, 11) is 0. The summed E-state index contributed by atoms with van der Waals surface area (Å²) < 4.78 is 13.7. The van der Waals surface area contributed by atoms with Crippen LogP contribution in [0.25, 0.3) is 10.9 Å². The van der Waals surface area contributed by atoms with E-state index < -0.39 is 0 Å². The number of rotatable bonds is 6. The predicted octanol–water partition coefficient (Wildman–Crippen LogP) is 3.95. The van der Waals surface area contributed by atoms with Crippen LogP contribution in [0, 0.1) is 12.7 Å². The van der Waals surface area contributed by atoms with Crippen LogP contribution in [-0.2, 0) is 13.0 Å². The Bertz CT molecular complexity index is 891. The second kappa shape index (κ2) is 8.27. The lowest BCUT2D eigenvalue weighted by molar-refractivity contribution is 0.410. The first-order valence-corrected chi connectivity index (χ1v) is 9.17. The van der Waals surface area contributed by atoms with Gasteiger partial charge >= 0.3 is 0 Å². The topological polar surface area (TPSA) is 44.0 Å². The van der Waals surface area contributed by atoms with Gasteiger partial charge in [0.1, 0.15) is 5.82 Å². The number of nitrogens with one attached hydrogen (secondary N) is 2. The van der Waals surface area contributed by atoms with Gasteiger partial charge in [-0.05, 0) is 67.9 Å². The summed E-state index contributed by atoms with van der Waals surface area (Å²) in [5.41, 5.74) is 4.28. The summed E-state index contributed by atoms with van der Waals surface area (Å²) in [6, 6.07) is 8.84. The molecule has 4 nitrogen and oxygen atoms in total. The van der Waals surface area contributed by atoms with Crippen molar-refractivity contribution in [2.45, 2.75) is 26.8 Å². The number of hydrogen-bond donors (Lipinski definition) is 2. The van der Waals surface area contributed by atoms with Crippen molar-refractivity contribution in [3.8, 4) is 0 Å². The minimum atomic E-state index is -0.215. The lowest BCUT2D eigenvalue weighted by Crippen LogP contribution is -2.40. The van der Waals surface area contributed by atoms with Crippen LogP contribution < -0.4 is 5.32 Å². The molecular formula is C20H23FN4S. The third-order valence-corrected chi connectivity index (χ3v) is 4.83. The number of aromatic nitrogens is 2. The number of benzene rings is 1. The largest absolute Gasteiger partial charge is 0.363 e. The van der Waals surface area contributed by atoms with Crippen molar-refractivity contribution < 1.29 is 4.39 Å². The van der Waals surface area contributed by atoms with E-state index in [1.54, 1.807) is 18.3 Å². The van der Waals surface area contributed by atoms with Gasteiger partial charge in [0.05, 0.1) is 0 Å². The van der Waals surface area contributed by atoms with Crippen LogP contribution in [0.2, 0.25) is 0 Å². The highest BCUT2D eigenvalue weighted by Crippen LogP contribution is 2.24. The molecule has 3 aromatic rings. The molecular weight excluding hydrogens is 347 g/mol. The Morgan fingerprint density at radius 2 is 2.19 bits per heavy atom. The molecule has 0 fully saturated rings. The zero-order valence-corrected chi connectivity index (χ0v) is 15.9. The molecule has 26 heavy (non-hydrogen) atoms.